The van der Waals surface area contributed by atoms with Gasteiger partial charge in [-0.3, -0.25) is 0 Å². The van der Waals surface area contributed by atoms with E-state index in [0.717, 1.165) is 38.8 Å². The van der Waals surface area contributed by atoms with E-state index < -0.39 is 0 Å². The average Bonchev–Trinajstić information content (AvgIpc) is 2.60. The molecule has 0 amide bonds. The number of nitrogens with zero attached hydrogens (tertiary/aromatic N) is 1. The Kier molecular flexibility index (Phi) is 11.3. The normalized spacial score (nSPS) is 11.1. The highest BCUT2D eigenvalue weighted by atomic mass is 15.1. The van der Waals surface area contributed by atoms with Crippen molar-refractivity contribution in [2.75, 3.05) is 18.0 Å². The van der Waals surface area contributed by atoms with Crippen molar-refractivity contribution in [3.63, 3.8) is 0 Å². The van der Waals surface area contributed by atoms with Crippen LogP contribution < -0.4 is 4.90 Å². The fourth-order valence-electron chi connectivity index (χ4n) is 2.32. The molecule has 0 atom stereocenters. The van der Waals surface area contributed by atoms with Crippen LogP contribution in [-0.4, -0.2) is 13.1 Å². The van der Waals surface area contributed by atoms with E-state index in [1.807, 2.05) is 12.2 Å². The first kappa shape index (κ1) is 19.0. The van der Waals surface area contributed by atoms with Gasteiger partial charge >= 0.3 is 0 Å². The number of hydrogen-bond acceptors (Lipinski definition) is 1. The van der Waals surface area contributed by atoms with Gasteiger partial charge in [-0.15, -0.1) is 13.2 Å². The number of benzene rings is 1. The predicted molar refractivity (Wildman–Crippen MR) is 105 cm³/mol. The number of anilines is 1. The van der Waals surface area contributed by atoms with Crippen molar-refractivity contribution < 1.29 is 0 Å². The van der Waals surface area contributed by atoms with E-state index in [9.17, 15) is 0 Å². The molecule has 1 aromatic rings. The van der Waals surface area contributed by atoms with E-state index in [1.54, 1.807) is 0 Å². The average molecular weight is 309 g/mol. The molecule has 0 saturated heterocycles. The van der Waals surface area contributed by atoms with Gasteiger partial charge in [-0.25, -0.2) is 0 Å². The first-order valence-electron chi connectivity index (χ1n) is 8.70. The second-order valence-electron chi connectivity index (χ2n) is 5.62. The maximum absolute atomic E-state index is 3.76. The smallest absolute Gasteiger partial charge is 0.0371 e. The van der Waals surface area contributed by atoms with Crippen LogP contribution >= 0.6 is 0 Å². The Balaban J connectivity index is 2.46. The Bertz CT molecular complexity index is 444. The summed E-state index contributed by atoms with van der Waals surface area (Å²) in [4.78, 5) is 2.40. The summed E-state index contributed by atoms with van der Waals surface area (Å²) in [6, 6.07) is 10.6. The molecule has 0 unspecified atom stereocenters. The second-order valence-corrected chi connectivity index (χ2v) is 5.62. The molecule has 0 N–H and O–H groups in total. The third-order valence-corrected chi connectivity index (χ3v) is 3.66. The van der Waals surface area contributed by atoms with E-state index in [-0.39, 0.29) is 0 Å². The Morgan fingerprint density at radius 2 is 1.22 bits per heavy atom. The van der Waals surface area contributed by atoms with Crippen LogP contribution in [0.3, 0.4) is 0 Å². The highest BCUT2D eigenvalue weighted by Gasteiger charge is 2.01. The Hall–Kier alpha value is -2.02. The van der Waals surface area contributed by atoms with Gasteiger partial charge in [0.25, 0.3) is 0 Å². The van der Waals surface area contributed by atoms with E-state index >= 15 is 0 Å². The molecular formula is C22H31N. The van der Waals surface area contributed by atoms with E-state index in [2.05, 4.69) is 72.7 Å². The van der Waals surface area contributed by atoms with E-state index in [0.29, 0.717) is 0 Å². The number of allylic oxidation sites excluding steroid dienone is 4. The summed E-state index contributed by atoms with van der Waals surface area (Å²) >= 11 is 0. The fourth-order valence-corrected chi connectivity index (χ4v) is 2.32. The first-order chi connectivity index (χ1) is 11.4. The molecular weight excluding hydrogens is 278 g/mol. The summed E-state index contributed by atoms with van der Waals surface area (Å²) in [5.74, 6) is 0. The predicted octanol–water partition coefficient (Wildman–Crippen LogP) is 6.32. The van der Waals surface area contributed by atoms with Crippen molar-refractivity contribution >= 4 is 5.69 Å². The molecule has 0 aliphatic carbocycles. The molecule has 23 heavy (non-hydrogen) atoms. The molecule has 1 aromatic carbocycles. The third-order valence-electron chi connectivity index (χ3n) is 3.66. The van der Waals surface area contributed by atoms with Crippen LogP contribution in [0, 0.1) is 0 Å². The van der Waals surface area contributed by atoms with E-state index in [4.69, 9.17) is 0 Å². The van der Waals surface area contributed by atoms with Gasteiger partial charge in [-0.05, 0) is 50.7 Å². The summed E-state index contributed by atoms with van der Waals surface area (Å²) in [5.41, 5.74) is 1.28. The van der Waals surface area contributed by atoms with Crippen molar-refractivity contribution in [3.05, 3.63) is 79.9 Å². The lowest BCUT2D eigenvalue weighted by molar-refractivity contribution is 0.857. The SMILES string of the molecule is C=CCCCC=CCN(CC=CCCCC=C)c1ccccc1. The lowest BCUT2D eigenvalue weighted by Gasteiger charge is -2.21. The minimum atomic E-state index is 0.953. The van der Waals surface area contributed by atoms with Gasteiger partial charge in [0.1, 0.15) is 0 Å². The first-order valence-corrected chi connectivity index (χ1v) is 8.70. The summed E-state index contributed by atoms with van der Waals surface area (Å²) in [6.07, 6.45) is 19.9. The van der Waals surface area contributed by atoms with Crippen molar-refractivity contribution in [2.45, 2.75) is 38.5 Å². The summed E-state index contributed by atoms with van der Waals surface area (Å²) < 4.78 is 0. The zero-order chi connectivity index (χ0) is 16.6. The molecule has 0 radical (unpaired) electrons. The van der Waals surface area contributed by atoms with Crippen LogP contribution in [0.15, 0.2) is 79.9 Å². The Morgan fingerprint density at radius 1 is 0.696 bits per heavy atom. The summed E-state index contributed by atoms with van der Waals surface area (Å²) in [7, 11) is 0. The maximum Gasteiger partial charge on any atom is 0.0371 e. The quantitative estimate of drug-likeness (QED) is 0.304. The summed E-state index contributed by atoms with van der Waals surface area (Å²) in [5, 5.41) is 0. The third kappa shape index (κ3) is 9.57. The molecule has 1 nitrogen and oxygen atoms in total. The minimum Gasteiger partial charge on any atom is -0.364 e. The van der Waals surface area contributed by atoms with Gasteiger partial charge in [0.05, 0.1) is 0 Å². The topological polar surface area (TPSA) is 3.24 Å². The Morgan fingerprint density at radius 3 is 1.70 bits per heavy atom. The largest absolute Gasteiger partial charge is 0.364 e. The molecule has 0 saturated carbocycles. The standard InChI is InChI=1S/C22H31N/c1-3-5-7-9-11-16-20-23(22-18-14-13-15-19-22)21-17-12-10-8-6-4-2/h3-4,11-19H,1-2,5-10,20-21H2. The molecule has 1 rings (SSSR count). The van der Waals surface area contributed by atoms with Crippen LogP contribution in [0.2, 0.25) is 0 Å². The molecule has 0 aliphatic heterocycles. The molecule has 1 heteroatoms. The van der Waals surface area contributed by atoms with Crippen molar-refractivity contribution in [2.24, 2.45) is 0 Å². The van der Waals surface area contributed by atoms with Crippen molar-refractivity contribution in [1.29, 1.82) is 0 Å². The van der Waals surface area contributed by atoms with Gasteiger partial charge in [0, 0.05) is 18.8 Å². The van der Waals surface area contributed by atoms with Crippen molar-refractivity contribution in [3.8, 4) is 0 Å². The lowest BCUT2D eigenvalue weighted by atomic mass is 10.2. The number of hydrogen-bond donors (Lipinski definition) is 0. The fraction of sp³-hybridized carbons (Fsp3) is 0.364. The van der Waals surface area contributed by atoms with Gasteiger partial charge in [0.15, 0.2) is 0 Å². The van der Waals surface area contributed by atoms with Crippen molar-refractivity contribution in [1.82, 2.24) is 0 Å². The second kappa shape index (κ2) is 13.6. The Labute approximate surface area is 142 Å². The van der Waals surface area contributed by atoms with Gasteiger partial charge in [-0.1, -0.05) is 54.7 Å². The zero-order valence-electron chi connectivity index (χ0n) is 14.4. The number of unbranched alkanes of at least 4 members (excludes halogenated alkanes) is 4. The molecule has 0 spiro atoms. The molecule has 0 heterocycles. The van der Waals surface area contributed by atoms with Gasteiger partial charge in [0.2, 0.25) is 0 Å². The highest BCUT2D eigenvalue weighted by Crippen LogP contribution is 2.13. The number of para-hydroxylation sites is 1. The molecule has 124 valence electrons. The van der Waals surface area contributed by atoms with Crippen LogP contribution in [0.5, 0.6) is 0 Å². The maximum atomic E-state index is 3.76. The zero-order valence-corrected chi connectivity index (χ0v) is 14.4. The lowest BCUT2D eigenvalue weighted by Crippen LogP contribution is -2.23. The van der Waals surface area contributed by atoms with Crippen LogP contribution in [-0.2, 0) is 0 Å². The van der Waals surface area contributed by atoms with Gasteiger partial charge in [-0.2, -0.15) is 0 Å². The van der Waals surface area contributed by atoms with Crippen LogP contribution in [0.25, 0.3) is 0 Å². The van der Waals surface area contributed by atoms with Crippen LogP contribution in [0.1, 0.15) is 38.5 Å². The van der Waals surface area contributed by atoms with Crippen LogP contribution in [0.4, 0.5) is 5.69 Å². The highest BCUT2D eigenvalue weighted by molar-refractivity contribution is 5.47. The molecule has 0 fully saturated rings. The molecule has 0 bridgehead atoms. The van der Waals surface area contributed by atoms with Gasteiger partial charge < -0.3 is 4.90 Å². The molecule has 0 aliphatic rings. The van der Waals surface area contributed by atoms with E-state index in [1.165, 1.54) is 18.5 Å². The monoisotopic (exact) mass is 309 g/mol. The number of rotatable bonds is 13. The minimum absolute atomic E-state index is 0.953. The summed E-state index contributed by atoms with van der Waals surface area (Å²) in [6.45, 7) is 9.43. The molecule has 0 aromatic heterocycles.